The third kappa shape index (κ3) is 8.19. The molecule has 4 fully saturated rings. The Morgan fingerprint density at radius 2 is 1.86 bits per heavy atom. The lowest BCUT2D eigenvalue weighted by Gasteiger charge is -2.59. The van der Waals surface area contributed by atoms with E-state index in [-0.39, 0.29) is 52.5 Å². The molecule has 6 heterocycles. The molecule has 3 aromatic rings. The van der Waals surface area contributed by atoms with Crippen molar-refractivity contribution in [1.82, 2.24) is 29.7 Å². The summed E-state index contributed by atoms with van der Waals surface area (Å²) in [5.74, 6) is 1.28. The highest BCUT2D eigenvalue weighted by Gasteiger charge is 2.55. The summed E-state index contributed by atoms with van der Waals surface area (Å²) in [6.45, 7) is 17.8. The zero-order valence-electron chi connectivity index (χ0n) is 34.8. The van der Waals surface area contributed by atoms with Crippen molar-refractivity contribution in [3.63, 3.8) is 0 Å². The van der Waals surface area contributed by atoms with E-state index in [1.165, 1.54) is 24.5 Å². The maximum absolute atomic E-state index is 14.4. The molecular weight excluding hydrogens is 742 g/mol. The minimum atomic E-state index is -0.605. The van der Waals surface area contributed by atoms with Gasteiger partial charge >= 0.3 is 6.09 Å². The van der Waals surface area contributed by atoms with Crippen LogP contribution < -0.4 is 14.4 Å². The van der Waals surface area contributed by atoms with Gasteiger partial charge in [-0.15, -0.1) is 0 Å². The van der Waals surface area contributed by atoms with Crippen LogP contribution in [0.5, 0.6) is 17.2 Å². The molecule has 1 aliphatic carbocycles. The van der Waals surface area contributed by atoms with Crippen LogP contribution in [0.15, 0.2) is 43.0 Å². The number of ether oxygens (including phenoxy) is 4. The van der Waals surface area contributed by atoms with Crippen LogP contribution in [0.2, 0.25) is 0 Å². The van der Waals surface area contributed by atoms with E-state index in [1.54, 1.807) is 11.1 Å². The summed E-state index contributed by atoms with van der Waals surface area (Å²) in [6, 6.07) is 5.70. The number of carbonyl (C=O) groups excluding carboxylic acids is 2. The number of nitrogens with zero attached hydrogens (tertiary/aromatic N) is 7. The van der Waals surface area contributed by atoms with E-state index in [4.69, 9.17) is 23.9 Å². The van der Waals surface area contributed by atoms with Crippen molar-refractivity contribution >= 4 is 17.8 Å². The van der Waals surface area contributed by atoms with Gasteiger partial charge in [-0.2, -0.15) is 0 Å². The minimum absolute atomic E-state index is 0.0197. The van der Waals surface area contributed by atoms with E-state index in [2.05, 4.69) is 19.8 Å². The molecular formula is C44H58FN7O6. The van der Waals surface area contributed by atoms with Gasteiger partial charge < -0.3 is 33.6 Å². The van der Waals surface area contributed by atoms with E-state index >= 15 is 0 Å². The Hall–Kier alpha value is -4.56. The van der Waals surface area contributed by atoms with Gasteiger partial charge in [0.25, 0.3) is 5.91 Å². The smallest absolute Gasteiger partial charge is 0.410 e. The number of benzene rings is 1. The van der Waals surface area contributed by atoms with Crippen LogP contribution in [0.4, 0.5) is 15.0 Å². The summed E-state index contributed by atoms with van der Waals surface area (Å²) in [7, 11) is 0. The second-order valence-electron chi connectivity index (χ2n) is 18.2. The third-order valence-corrected chi connectivity index (χ3v) is 12.4. The second kappa shape index (κ2) is 15.9. The largest absolute Gasteiger partial charge is 0.490 e. The van der Waals surface area contributed by atoms with Crippen molar-refractivity contribution in [2.75, 3.05) is 57.3 Å². The van der Waals surface area contributed by atoms with E-state index in [1.807, 2.05) is 58.7 Å². The summed E-state index contributed by atoms with van der Waals surface area (Å²) in [6.07, 6.45) is 11.0. The van der Waals surface area contributed by atoms with Crippen LogP contribution in [0.3, 0.4) is 0 Å². The maximum atomic E-state index is 14.4. The van der Waals surface area contributed by atoms with Crippen molar-refractivity contribution in [3.8, 4) is 17.2 Å². The lowest BCUT2D eigenvalue weighted by atomic mass is 9.61. The number of amides is 2. The summed E-state index contributed by atoms with van der Waals surface area (Å²) < 4.78 is 39.5. The maximum Gasteiger partial charge on any atom is 0.410 e. The molecule has 2 amide bonds. The molecule has 1 saturated carbocycles. The van der Waals surface area contributed by atoms with Crippen molar-refractivity contribution in [2.24, 2.45) is 5.41 Å². The van der Waals surface area contributed by atoms with Crippen LogP contribution in [-0.2, 0) is 15.9 Å². The van der Waals surface area contributed by atoms with E-state index < -0.39 is 11.4 Å². The summed E-state index contributed by atoms with van der Waals surface area (Å²) in [5.41, 5.74) is 1.67. The quantitative estimate of drug-likeness (QED) is 0.185. The van der Waals surface area contributed by atoms with Crippen molar-refractivity contribution < 1.29 is 32.9 Å². The van der Waals surface area contributed by atoms with Crippen LogP contribution in [0.25, 0.3) is 0 Å². The zero-order valence-corrected chi connectivity index (χ0v) is 34.8. The molecule has 1 atom stereocenters. The molecule has 8 rings (SSSR count). The van der Waals surface area contributed by atoms with Crippen LogP contribution >= 0.6 is 0 Å². The number of pyridine rings is 1. The lowest BCUT2D eigenvalue weighted by Crippen LogP contribution is -2.65. The van der Waals surface area contributed by atoms with E-state index in [0.717, 1.165) is 94.9 Å². The van der Waals surface area contributed by atoms with Crippen molar-refractivity contribution in [3.05, 3.63) is 65.6 Å². The molecule has 5 aliphatic rings. The molecule has 13 nitrogen and oxygen atoms in total. The molecule has 4 aliphatic heterocycles. The zero-order chi connectivity index (χ0) is 40.8. The van der Waals surface area contributed by atoms with Crippen molar-refractivity contribution in [1.29, 1.82) is 0 Å². The fourth-order valence-electron chi connectivity index (χ4n) is 9.71. The molecule has 0 radical (unpaired) electrons. The number of halogens is 1. The Labute approximate surface area is 341 Å². The summed E-state index contributed by atoms with van der Waals surface area (Å²) in [4.78, 5) is 48.9. The standard InChI is InChI=1S/C44H58FN7O6/c1-7-51(29(2)3)40(53)32-20-30(45)11-12-35(32)57-37-23-46-28-48-39(37)50-24-43(25-50)21-31(22-43)56-36-13-16-47-33-14-18-52(41(54)58-42(4,5)6)34(38(33)36)10-8-17-49-26-44(27-49)15-9-19-55-44/h11-13,16,20,23,28-29,31,34H,7-10,14-15,17-19,21-22,24-27H2,1-6H3. The fraction of sp³-hybridized carbons (Fsp3) is 0.614. The SMILES string of the molecule is CCN(C(=O)c1cc(F)ccc1Oc1cncnc1N1CC2(CC(Oc3ccnc4c3C(CCCN3CC5(CCCO5)C3)N(C(=O)OC(C)(C)C)CC4)C2)C1)C(C)C. The lowest BCUT2D eigenvalue weighted by molar-refractivity contribution is -0.111. The number of hydrogen-bond donors (Lipinski definition) is 0. The number of anilines is 1. The average Bonchev–Trinajstić information content (AvgIpc) is 3.63. The number of aromatic nitrogens is 3. The van der Waals surface area contributed by atoms with Gasteiger partial charge in [-0.3, -0.25) is 14.7 Å². The molecule has 0 N–H and O–H groups in total. The summed E-state index contributed by atoms with van der Waals surface area (Å²) in [5, 5.41) is 0. The predicted octanol–water partition coefficient (Wildman–Crippen LogP) is 7.20. The average molecular weight is 800 g/mol. The number of rotatable bonds is 12. The Morgan fingerprint density at radius 3 is 2.57 bits per heavy atom. The molecule has 1 aromatic carbocycles. The Bertz CT molecular complexity index is 1980. The first-order chi connectivity index (χ1) is 27.7. The van der Waals surface area contributed by atoms with Crippen LogP contribution in [-0.4, -0.2) is 117 Å². The normalized spacial score (nSPS) is 21.0. The first-order valence-electron chi connectivity index (χ1n) is 21.1. The fourth-order valence-corrected chi connectivity index (χ4v) is 9.71. The molecule has 3 saturated heterocycles. The molecule has 58 heavy (non-hydrogen) atoms. The predicted molar refractivity (Wildman–Crippen MR) is 216 cm³/mol. The Balaban J connectivity index is 0.927. The minimum Gasteiger partial charge on any atom is -0.490 e. The topological polar surface area (TPSA) is 123 Å². The monoisotopic (exact) mass is 799 g/mol. The number of hydrogen-bond acceptors (Lipinski definition) is 11. The highest BCUT2D eigenvalue weighted by molar-refractivity contribution is 5.97. The number of carbonyl (C=O) groups is 2. The molecule has 312 valence electrons. The van der Waals surface area contributed by atoms with Gasteiger partial charge in [0.2, 0.25) is 0 Å². The summed E-state index contributed by atoms with van der Waals surface area (Å²) >= 11 is 0. The second-order valence-corrected chi connectivity index (χ2v) is 18.2. The Morgan fingerprint density at radius 1 is 1.07 bits per heavy atom. The molecule has 2 spiro atoms. The highest BCUT2D eigenvalue weighted by Crippen LogP contribution is 2.53. The van der Waals surface area contributed by atoms with Gasteiger partial charge in [0.05, 0.1) is 29.1 Å². The van der Waals surface area contributed by atoms with Crippen LogP contribution in [0, 0.1) is 11.2 Å². The highest BCUT2D eigenvalue weighted by atomic mass is 19.1. The number of likely N-dealkylation sites (tertiary alicyclic amines) is 1. The van der Waals surface area contributed by atoms with Gasteiger partial charge in [-0.05, 0) is 111 Å². The number of fused-ring (bicyclic) bond motifs is 1. The van der Waals surface area contributed by atoms with Gasteiger partial charge in [0.1, 0.15) is 35.3 Å². The molecule has 2 aromatic heterocycles. The Kier molecular flexibility index (Phi) is 11.0. The van der Waals surface area contributed by atoms with Crippen LogP contribution in [0.1, 0.15) is 108 Å². The van der Waals surface area contributed by atoms with E-state index in [0.29, 0.717) is 31.1 Å². The van der Waals surface area contributed by atoms with E-state index in [9.17, 15) is 14.0 Å². The van der Waals surface area contributed by atoms with Gasteiger partial charge in [0.15, 0.2) is 11.6 Å². The van der Waals surface area contributed by atoms with Gasteiger partial charge in [-0.1, -0.05) is 0 Å². The molecule has 1 unspecified atom stereocenters. The van der Waals surface area contributed by atoms with Crippen molar-refractivity contribution in [2.45, 2.75) is 116 Å². The van der Waals surface area contributed by atoms with Gasteiger partial charge in [-0.25, -0.2) is 19.2 Å². The third-order valence-electron chi connectivity index (χ3n) is 12.4. The van der Waals surface area contributed by atoms with Gasteiger partial charge in [0, 0.05) is 75.5 Å². The molecule has 14 heteroatoms. The molecule has 0 bridgehead atoms. The first-order valence-corrected chi connectivity index (χ1v) is 21.1. The first kappa shape index (κ1) is 40.2.